The Kier molecular flexibility index (Phi) is 6.54. The fraction of sp³-hybridized carbons (Fsp3) is 0.385. The van der Waals surface area contributed by atoms with Gasteiger partial charge in [-0.15, -0.1) is 0 Å². The number of para-hydroxylation sites is 1. The van der Waals surface area contributed by atoms with Crippen LogP contribution in [0.4, 0.5) is 8.78 Å². The minimum absolute atomic E-state index is 0.0648. The summed E-state index contributed by atoms with van der Waals surface area (Å²) in [6, 6.07) is 5.52. The molecule has 21 heavy (non-hydrogen) atoms. The molecule has 0 saturated carbocycles. The first-order chi connectivity index (χ1) is 9.93. The van der Waals surface area contributed by atoms with Crippen molar-refractivity contribution in [2.45, 2.75) is 19.1 Å². The van der Waals surface area contributed by atoms with E-state index in [1.54, 1.807) is 0 Å². The van der Waals surface area contributed by atoms with Gasteiger partial charge in [0.25, 0.3) is 5.91 Å². The van der Waals surface area contributed by atoms with E-state index >= 15 is 0 Å². The van der Waals surface area contributed by atoms with Gasteiger partial charge < -0.3 is 19.9 Å². The van der Waals surface area contributed by atoms with Crippen LogP contribution in [0, 0.1) is 0 Å². The molecule has 0 aliphatic heterocycles. The molecular weight excluding hydrogens is 288 g/mol. The number of carboxylic acids is 1. The fourth-order valence-electron chi connectivity index (χ4n) is 1.59. The van der Waals surface area contributed by atoms with Crippen molar-refractivity contribution in [3.63, 3.8) is 0 Å². The highest BCUT2D eigenvalue weighted by Crippen LogP contribution is 2.20. The van der Waals surface area contributed by atoms with E-state index < -0.39 is 24.6 Å². The number of carboxylic acid groups (broad SMARTS) is 1. The van der Waals surface area contributed by atoms with Gasteiger partial charge in [-0.2, -0.15) is 8.78 Å². The molecule has 1 rings (SSSR count). The number of aliphatic carboxylic acids is 1. The van der Waals surface area contributed by atoms with Crippen molar-refractivity contribution >= 4 is 11.9 Å². The number of rotatable bonds is 8. The molecule has 1 unspecified atom stereocenters. The largest absolute Gasteiger partial charge is 0.481 e. The number of carbonyl (C=O) groups excluding carboxylic acids is 1. The Morgan fingerprint density at radius 2 is 2.00 bits per heavy atom. The molecule has 0 heterocycles. The smallest absolute Gasteiger partial charge is 0.387 e. The van der Waals surface area contributed by atoms with Gasteiger partial charge in [0.05, 0.1) is 18.1 Å². The fourth-order valence-corrected chi connectivity index (χ4v) is 1.59. The second kappa shape index (κ2) is 8.15. The van der Waals surface area contributed by atoms with Gasteiger partial charge in [-0.3, -0.25) is 9.59 Å². The van der Waals surface area contributed by atoms with Crippen LogP contribution in [0.3, 0.4) is 0 Å². The third-order valence-corrected chi connectivity index (χ3v) is 2.57. The lowest BCUT2D eigenvalue weighted by Crippen LogP contribution is -2.34. The molecule has 6 nitrogen and oxygen atoms in total. The second-order valence-corrected chi connectivity index (χ2v) is 4.04. The van der Waals surface area contributed by atoms with E-state index in [-0.39, 0.29) is 24.3 Å². The van der Waals surface area contributed by atoms with Crippen LogP contribution in [-0.2, 0) is 9.53 Å². The summed E-state index contributed by atoms with van der Waals surface area (Å²) in [5.41, 5.74) is -0.0667. The number of halogens is 2. The van der Waals surface area contributed by atoms with Crippen molar-refractivity contribution in [1.29, 1.82) is 0 Å². The van der Waals surface area contributed by atoms with Crippen LogP contribution in [0.15, 0.2) is 24.3 Å². The molecule has 0 aliphatic rings. The van der Waals surface area contributed by atoms with Crippen LogP contribution in [0.1, 0.15) is 16.8 Å². The minimum atomic E-state index is -3.04. The van der Waals surface area contributed by atoms with E-state index in [2.05, 4.69) is 10.1 Å². The first kappa shape index (κ1) is 16.8. The van der Waals surface area contributed by atoms with E-state index in [0.29, 0.717) is 0 Å². The third kappa shape index (κ3) is 5.74. The van der Waals surface area contributed by atoms with Gasteiger partial charge in [0.1, 0.15) is 5.75 Å². The molecule has 2 N–H and O–H groups in total. The molecule has 0 bridgehead atoms. The average Bonchev–Trinajstić information content (AvgIpc) is 2.42. The number of benzene rings is 1. The molecule has 1 amide bonds. The molecule has 0 saturated heterocycles. The molecule has 0 radical (unpaired) electrons. The Morgan fingerprint density at radius 1 is 1.33 bits per heavy atom. The van der Waals surface area contributed by atoms with Gasteiger partial charge in [-0.1, -0.05) is 12.1 Å². The maximum absolute atomic E-state index is 12.2. The number of ether oxygens (including phenoxy) is 2. The van der Waals surface area contributed by atoms with Gasteiger partial charge in [-0.25, -0.2) is 0 Å². The topological polar surface area (TPSA) is 84.9 Å². The molecule has 0 spiro atoms. The zero-order chi connectivity index (χ0) is 15.8. The molecule has 0 fully saturated rings. The van der Waals surface area contributed by atoms with Crippen molar-refractivity contribution in [3.05, 3.63) is 29.8 Å². The monoisotopic (exact) mass is 303 g/mol. The highest BCUT2D eigenvalue weighted by atomic mass is 19.3. The summed E-state index contributed by atoms with van der Waals surface area (Å²) in [6.07, 6.45) is -0.999. The molecule has 8 heteroatoms. The van der Waals surface area contributed by atoms with E-state index in [1.807, 2.05) is 0 Å². The van der Waals surface area contributed by atoms with Crippen molar-refractivity contribution in [3.8, 4) is 5.75 Å². The van der Waals surface area contributed by atoms with Crippen molar-refractivity contribution in [1.82, 2.24) is 5.32 Å². The van der Waals surface area contributed by atoms with Crippen molar-refractivity contribution < 1.29 is 33.0 Å². The first-order valence-corrected chi connectivity index (χ1v) is 6.00. The molecule has 1 atom stereocenters. The normalized spacial score (nSPS) is 12.0. The standard InChI is InChI=1S/C13H15F2NO5/c1-20-8(6-11(17)18)7-16-12(19)9-4-2-3-5-10(9)21-13(14)15/h2-5,8,13H,6-7H2,1H3,(H,16,19)(H,17,18). The molecule has 0 aromatic heterocycles. The van der Waals surface area contributed by atoms with Gasteiger partial charge in [0.2, 0.25) is 0 Å². The van der Waals surface area contributed by atoms with Crippen molar-refractivity contribution in [2.75, 3.05) is 13.7 Å². The molecule has 1 aromatic rings. The number of hydrogen-bond acceptors (Lipinski definition) is 4. The van der Waals surface area contributed by atoms with Gasteiger partial charge >= 0.3 is 12.6 Å². The van der Waals surface area contributed by atoms with Crippen LogP contribution in [0.2, 0.25) is 0 Å². The Morgan fingerprint density at radius 3 is 2.57 bits per heavy atom. The predicted molar refractivity (Wildman–Crippen MR) is 68.5 cm³/mol. The van der Waals surface area contributed by atoms with Crippen LogP contribution < -0.4 is 10.1 Å². The maximum Gasteiger partial charge on any atom is 0.387 e. The number of amides is 1. The molecule has 116 valence electrons. The molecule has 1 aromatic carbocycles. The summed E-state index contributed by atoms with van der Waals surface area (Å²) < 4.78 is 33.6. The highest BCUT2D eigenvalue weighted by molar-refractivity contribution is 5.96. The van der Waals surface area contributed by atoms with Crippen LogP contribution in [-0.4, -0.2) is 43.4 Å². The average molecular weight is 303 g/mol. The highest BCUT2D eigenvalue weighted by Gasteiger charge is 2.18. The van der Waals surface area contributed by atoms with Gasteiger partial charge in [0.15, 0.2) is 0 Å². The number of hydrogen-bond donors (Lipinski definition) is 2. The number of carbonyl (C=O) groups is 2. The Balaban J connectivity index is 2.69. The Bertz CT molecular complexity index is 495. The predicted octanol–water partition coefficient (Wildman–Crippen LogP) is 1.51. The SMILES string of the molecule is COC(CNC(=O)c1ccccc1OC(F)F)CC(=O)O. The van der Waals surface area contributed by atoms with Gasteiger partial charge in [-0.05, 0) is 12.1 Å². The quantitative estimate of drug-likeness (QED) is 0.760. The van der Waals surface area contributed by atoms with E-state index in [9.17, 15) is 18.4 Å². The summed E-state index contributed by atoms with van der Waals surface area (Å²) in [5, 5.41) is 11.1. The lowest BCUT2D eigenvalue weighted by atomic mass is 10.2. The Labute approximate surface area is 119 Å². The van der Waals surface area contributed by atoms with Crippen LogP contribution >= 0.6 is 0 Å². The molecular formula is C13H15F2NO5. The minimum Gasteiger partial charge on any atom is -0.481 e. The number of nitrogens with one attached hydrogen (secondary N) is 1. The summed E-state index contributed by atoms with van der Waals surface area (Å²) in [5.74, 6) is -1.98. The zero-order valence-electron chi connectivity index (χ0n) is 11.2. The maximum atomic E-state index is 12.2. The summed E-state index contributed by atoms with van der Waals surface area (Å²) in [6.45, 7) is -3.11. The van der Waals surface area contributed by atoms with Crippen molar-refractivity contribution in [2.24, 2.45) is 0 Å². The zero-order valence-corrected chi connectivity index (χ0v) is 11.2. The van der Waals surface area contributed by atoms with E-state index in [1.165, 1.54) is 31.4 Å². The summed E-state index contributed by atoms with van der Waals surface area (Å²) in [7, 11) is 1.31. The third-order valence-electron chi connectivity index (χ3n) is 2.57. The lowest BCUT2D eigenvalue weighted by Gasteiger charge is -2.15. The Hall–Kier alpha value is -2.22. The first-order valence-electron chi connectivity index (χ1n) is 6.00. The molecule has 0 aliphatic carbocycles. The van der Waals surface area contributed by atoms with Crippen LogP contribution in [0.5, 0.6) is 5.75 Å². The van der Waals surface area contributed by atoms with E-state index in [4.69, 9.17) is 9.84 Å². The number of methoxy groups -OCH3 is 1. The number of alkyl halides is 2. The summed E-state index contributed by atoms with van der Waals surface area (Å²) in [4.78, 5) is 22.5. The lowest BCUT2D eigenvalue weighted by molar-refractivity contribution is -0.139. The van der Waals surface area contributed by atoms with Gasteiger partial charge in [0, 0.05) is 13.7 Å². The van der Waals surface area contributed by atoms with Crippen LogP contribution in [0.25, 0.3) is 0 Å². The summed E-state index contributed by atoms with van der Waals surface area (Å²) >= 11 is 0. The van der Waals surface area contributed by atoms with E-state index in [0.717, 1.165) is 0 Å². The second-order valence-electron chi connectivity index (χ2n) is 4.04.